The van der Waals surface area contributed by atoms with Crippen LogP contribution in [0.3, 0.4) is 0 Å². The zero-order valence-electron chi connectivity index (χ0n) is 19.0. The molecule has 1 aliphatic rings. The number of hydrogen-bond acceptors (Lipinski definition) is 7. The fourth-order valence-electron chi connectivity index (χ4n) is 4.11. The Hall–Kier alpha value is -3.36. The van der Waals surface area contributed by atoms with Gasteiger partial charge in [0.2, 0.25) is 0 Å². The van der Waals surface area contributed by atoms with Crippen LogP contribution in [0.4, 0.5) is 0 Å². The first-order chi connectivity index (χ1) is 16.2. The van der Waals surface area contributed by atoms with Crippen molar-refractivity contribution in [1.82, 2.24) is 30.0 Å². The summed E-state index contributed by atoms with van der Waals surface area (Å²) in [5, 5.41) is 12.3. The molecule has 1 aromatic heterocycles. The fraction of sp³-hybridized carbons (Fsp3) is 0.360. The summed E-state index contributed by atoms with van der Waals surface area (Å²) in [5.41, 5.74) is 2.32. The monoisotopic (exact) mass is 446 g/mol. The normalized spacial score (nSPS) is 16.2. The molecular formula is C25H30N6O2. The minimum Gasteiger partial charge on any atom is -0.465 e. The van der Waals surface area contributed by atoms with Gasteiger partial charge >= 0.3 is 5.97 Å². The number of carbonyl (C=O) groups excluding carboxylic acids is 1. The van der Waals surface area contributed by atoms with Crippen LogP contribution in [-0.4, -0.2) is 75.3 Å². The van der Waals surface area contributed by atoms with Crippen LogP contribution in [-0.2, 0) is 16.1 Å². The molecule has 0 saturated carbocycles. The summed E-state index contributed by atoms with van der Waals surface area (Å²) in [7, 11) is 0. The first-order valence-corrected chi connectivity index (χ1v) is 11.4. The highest BCUT2D eigenvalue weighted by atomic mass is 16.5. The molecule has 3 aromatic rings. The van der Waals surface area contributed by atoms with E-state index in [2.05, 4.69) is 73.9 Å². The van der Waals surface area contributed by atoms with E-state index in [1.54, 1.807) is 11.6 Å². The molecule has 2 heterocycles. The Morgan fingerprint density at radius 1 is 1.03 bits per heavy atom. The molecule has 172 valence electrons. The van der Waals surface area contributed by atoms with Gasteiger partial charge in [0.1, 0.15) is 6.54 Å². The molecule has 1 fully saturated rings. The van der Waals surface area contributed by atoms with Gasteiger partial charge in [-0.05, 0) is 28.5 Å². The molecule has 0 radical (unpaired) electrons. The number of esters is 1. The highest BCUT2D eigenvalue weighted by Crippen LogP contribution is 2.28. The molecule has 0 bridgehead atoms. The third-order valence-electron chi connectivity index (χ3n) is 5.75. The summed E-state index contributed by atoms with van der Waals surface area (Å²) in [6.07, 6.45) is 4.39. The number of hydrogen-bond donors (Lipinski definition) is 0. The van der Waals surface area contributed by atoms with Crippen molar-refractivity contribution >= 4 is 12.0 Å². The van der Waals surface area contributed by atoms with Gasteiger partial charge in [-0.1, -0.05) is 72.8 Å². The predicted octanol–water partition coefficient (Wildman–Crippen LogP) is 2.66. The highest BCUT2D eigenvalue weighted by Gasteiger charge is 2.30. The molecule has 8 nitrogen and oxygen atoms in total. The number of nitrogens with zero attached hydrogens (tertiary/aromatic N) is 6. The topological polar surface area (TPSA) is 76.4 Å². The van der Waals surface area contributed by atoms with Crippen molar-refractivity contribution in [2.45, 2.75) is 19.5 Å². The standard InChI is InChI=1S/C25H30N6O2/c1-2-33-23(32)20-31-25(26-27-28-31)24(22-13-7-4-8-14-22)30-18-16-29(17-19-30)15-9-12-21-10-5-3-6-11-21/h3-14,24H,2,15-20H2,1H3/b12-9+. The predicted molar refractivity (Wildman–Crippen MR) is 126 cm³/mol. The molecule has 0 amide bonds. The molecule has 33 heavy (non-hydrogen) atoms. The summed E-state index contributed by atoms with van der Waals surface area (Å²) >= 11 is 0. The van der Waals surface area contributed by atoms with Crippen molar-refractivity contribution in [2.75, 3.05) is 39.3 Å². The molecule has 1 unspecified atom stereocenters. The van der Waals surface area contributed by atoms with E-state index in [0.717, 1.165) is 38.3 Å². The molecule has 4 rings (SSSR count). The SMILES string of the molecule is CCOC(=O)Cn1nnnc1C(c1ccccc1)N1CCN(C/C=C/c2ccccc2)CC1. The zero-order chi connectivity index (χ0) is 22.9. The van der Waals surface area contributed by atoms with Gasteiger partial charge in [-0.25, -0.2) is 4.68 Å². The van der Waals surface area contributed by atoms with Gasteiger partial charge in [0, 0.05) is 32.7 Å². The van der Waals surface area contributed by atoms with E-state index in [1.165, 1.54) is 5.56 Å². The van der Waals surface area contributed by atoms with Crippen LogP contribution >= 0.6 is 0 Å². The van der Waals surface area contributed by atoms with Gasteiger partial charge in [-0.3, -0.25) is 14.6 Å². The molecule has 0 spiro atoms. The second kappa shape index (κ2) is 11.5. The first kappa shape index (κ1) is 22.8. The highest BCUT2D eigenvalue weighted by molar-refractivity contribution is 5.69. The zero-order valence-corrected chi connectivity index (χ0v) is 19.0. The molecular weight excluding hydrogens is 416 g/mol. The lowest BCUT2D eigenvalue weighted by molar-refractivity contribution is -0.144. The van der Waals surface area contributed by atoms with E-state index in [1.807, 2.05) is 24.3 Å². The maximum atomic E-state index is 12.1. The molecule has 0 aliphatic carbocycles. The number of tetrazole rings is 1. The third kappa shape index (κ3) is 6.12. The number of aromatic nitrogens is 4. The lowest BCUT2D eigenvalue weighted by atomic mass is 10.0. The maximum Gasteiger partial charge on any atom is 0.327 e. The van der Waals surface area contributed by atoms with Gasteiger partial charge in [-0.15, -0.1) is 5.10 Å². The third-order valence-corrected chi connectivity index (χ3v) is 5.75. The second-order valence-corrected chi connectivity index (χ2v) is 7.96. The van der Waals surface area contributed by atoms with Crippen LogP contribution in [0.15, 0.2) is 66.7 Å². The van der Waals surface area contributed by atoms with Gasteiger partial charge in [0.05, 0.1) is 12.6 Å². The average Bonchev–Trinajstić information content (AvgIpc) is 3.29. The van der Waals surface area contributed by atoms with Crippen LogP contribution in [0.2, 0.25) is 0 Å². The summed E-state index contributed by atoms with van der Waals surface area (Å²) in [5.74, 6) is 0.319. The van der Waals surface area contributed by atoms with Gasteiger partial charge < -0.3 is 4.74 Å². The van der Waals surface area contributed by atoms with E-state index >= 15 is 0 Å². The summed E-state index contributed by atoms with van der Waals surface area (Å²) in [4.78, 5) is 16.9. The minimum atomic E-state index is -0.340. The quantitative estimate of drug-likeness (QED) is 0.468. The summed E-state index contributed by atoms with van der Waals surface area (Å²) in [6.45, 7) is 6.70. The van der Waals surface area contributed by atoms with Crippen molar-refractivity contribution < 1.29 is 9.53 Å². The molecule has 2 aromatic carbocycles. The van der Waals surface area contributed by atoms with Crippen molar-refractivity contribution in [3.63, 3.8) is 0 Å². The Morgan fingerprint density at radius 3 is 2.42 bits per heavy atom. The van der Waals surface area contributed by atoms with Gasteiger partial charge in [-0.2, -0.15) is 0 Å². The van der Waals surface area contributed by atoms with Crippen LogP contribution in [0.1, 0.15) is 29.9 Å². The summed E-state index contributed by atoms with van der Waals surface area (Å²) in [6, 6.07) is 20.4. The van der Waals surface area contributed by atoms with Gasteiger partial charge in [0.15, 0.2) is 5.82 Å². The Labute approximate surface area is 194 Å². The molecule has 1 aliphatic heterocycles. The van der Waals surface area contributed by atoms with Crippen molar-refractivity contribution in [3.8, 4) is 0 Å². The Balaban J connectivity index is 1.45. The number of carbonyl (C=O) groups is 1. The minimum absolute atomic E-state index is 0.00372. The van der Waals surface area contributed by atoms with Crippen LogP contribution in [0.25, 0.3) is 6.08 Å². The van der Waals surface area contributed by atoms with E-state index in [-0.39, 0.29) is 18.6 Å². The van der Waals surface area contributed by atoms with E-state index in [4.69, 9.17) is 4.74 Å². The molecule has 1 saturated heterocycles. The average molecular weight is 447 g/mol. The Kier molecular flexibility index (Phi) is 7.94. The van der Waals surface area contributed by atoms with E-state index in [9.17, 15) is 4.79 Å². The number of ether oxygens (including phenoxy) is 1. The van der Waals surface area contributed by atoms with Crippen molar-refractivity contribution in [2.24, 2.45) is 0 Å². The van der Waals surface area contributed by atoms with Crippen molar-refractivity contribution in [1.29, 1.82) is 0 Å². The van der Waals surface area contributed by atoms with E-state index in [0.29, 0.717) is 12.4 Å². The Morgan fingerprint density at radius 2 is 1.73 bits per heavy atom. The fourth-order valence-corrected chi connectivity index (χ4v) is 4.11. The smallest absolute Gasteiger partial charge is 0.327 e. The first-order valence-electron chi connectivity index (χ1n) is 11.4. The van der Waals surface area contributed by atoms with E-state index < -0.39 is 0 Å². The molecule has 1 atom stereocenters. The molecule has 8 heteroatoms. The largest absolute Gasteiger partial charge is 0.465 e. The summed E-state index contributed by atoms with van der Waals surface area (Å²) < 4.78 is 6.66. The van der Waals surface area contributed by atoms with Crippen LogP contribution < -0.4 is 0 Å². The number of benzene rings is 2. The Bertz CT molecular complexity index is 1030. The van der Waals surface area contributed by atoms with Crippen LogP contribution in [0.5, 0.6) is 0 Å². The molecule has 0 N–H and O–H groups in total. The maximum absolute atomic E-state index is 12.1. The number of rotatable bonds is 9. The lowest BCUT2D eigenvalue weighted by Gasteiger charge is -2.38. The lowest BCUT2D eigenvalue weighted by Crippen LogP contribution is -2.48. The second-order valence-electron chi connectivity index (χ2n) is 7.96. The van der Waals surface area contributed by atoms with Crippen molar-refractivity contribution in [3.05, 3.63) is 83.7 Å². The van der Waals surface area contributed by atoms with Gasteiger partial charge in [0.25, 0.3) is 0 Å². The van der Waals surface area contributed by atoms with Crippen LogP contribution in [0, 0.1) is 0 Å². The number of piperazine rings is 1.